The van der Waals surface area contributed by atoms with Crippen LogP contribution < -0.4 is 0 Å². The van der Waals surface area contributed by atoms with Crippen molar-refractivity contribution >= 4 is 11.9 Å². The summed E-state index contributed by atoms with van der Waals surface area (Å²) >= 11 is 0. The second-order valence-electron chi connectivity index (χ2n) is 14.0. The Kier molecular flexibility index (Phi) is 8.60. The van der Waals surface area contributed by atoms with E-state index in [0.717, 1.165) is 32.1 Å². The maximum Gasteiger partial charge on any atom is 0.303 e. The Bertz CT molecular complexity index is 1010. The van der Waals surface area contributed by atoms with Gasteiger partial charge in [0.05, 0.1) is 17.6 Å². The second kappa shape index (κ2) is 11.0. The molecule has 5 N–H and O–H groups in total. The molecule has 0 radical (unpaired) electrons. The normalized spacial score (nSPS) is 45.1. The summed E-state index contributed by atoms with van der Waals surface area (Å²) in [7, 11) is 0. The summed E-state index contributed by atoms with van der Waals surface area (Å²) in [6, 6.07) is 0. The largest absolute Gasteiger partial charge is 0.465 e. The van der Waals surface area contributed by atoms with Crippen LogP contribution in [0.2, 0.25) is 0 Å². The number of fused-ring (bicyclic) bond motifs is 5. The molecule has 0 aromatic carbocycles. The van der Waals surface area contributed by atoms with E-state index in [1.165, 1.54) is 19.9 Å². The van der Waals surface area contributed by atoms with Crippen LogP contribution in [0, 0.1) is 34.5 Å². The average Bonchev–Trinajstić information content (AvgIpc) is 3.18. The van der Waals surface area contributed by atoms with Crippen molar-refractivity contribution < 1.29 is 44.6 Å². The third-order valence-electron chi connectivity index (χ3n) is 11.2. The van der Waals surface area contributed by atoms with E-state index in [1.54, 1.807) is 0 Å². The Labute approximate surface area is 237 Å². The molecule has 4 aliphatic rings. The van der Waals surface area contributed by atoms with Gasteiger partial charge in [0.2, 0.25) is 0 Å². The average molecular weight is 567 g/mol. The number of aliphatic hydroxyl groups excluding tert-OH is 3. The molecule has 0 saturated heterocycles. The molecule has 0 aromatic rings. The van der Waals surface area contributed by atoms with Gasteiger partial charge in [0.15, 0.2) is 0 Å². The van der Waals surface area contributed by atoms with Gasteiger partial charge in [-0.1, -0.05) is 53.0 Å². The van der Waals surface area contributed by atoms with Crippen molar-refractivity contribution in [2.75, 3.05) is 6.61 Å². The zero-order valence-corrected chi connectivity index (χ0v) is 24.9. The Morgan fingerprint density at radius 2 is 1.62 bits per heavy atom. The minimum Gasteiger partial charge on any atom is -0.465 e. The second-order valence-corrected chi connectivity index (χ2v) is 14.0. The lowest BCUT2D eigenvalue weighted by Gasteiger charge is -2.68. The first kappa shape index (κ1) is 31.4. The number of hydrogen-bond acceptors (Lipinski definition) is 9. The lowest BCUT2D eigenvalue weighted by atomic mass is 9.42. The van der Waals surface area contributed by atoms with E-state index in [-0.39, 0.29) is 23.7 Å². The quantitative estimate of drug-likeness (QED) is 0.220. The molecule has 0 heterocycles. The fourth-order valence-corrected chi connectivity index (χ4v) is 9.24. The topological polar surface area (TPSA) is 154 Å². The van der Waals surface area contributed by atoms with Crippen molar-refractivity contribution in [3.63, 3.8) is 0 Å². The van der Waals surface area contributed by atoms with Crippen LogP contribution in [0.15, 0.2) is 11.6 Å². The highest BCUT2D eigenvalue weighted by Gasteiger charge is 2.77. The van der Waals surface area contributed by atoms with Crippen molar-refractivity contribution in [3.05, 3.63) is 11.6 Å². The third kappa shape index (κ3) is 4.74. The number of hydrogen-bond donors (Lipinski definition) is 5. The van der Waals surface area contributed by atoms with Gasteiger partial charge in [-0.15, -0.1) is 0 Å². The number of rotatable bonds is 8. The van der Waals surface area contributed by atoms with Gasteiger partial charge in [-0.05, 0) is 60.3 Å². The molecule has 11 atom stereocenters. The summed E-state index contributed by atoms with van der Waals surface area (Å²) < 4.78 is 11.3. The van der Waals surface area contributed by atoms with Crippen molar-refractivity contribution in [3.8, 4) is 0 Å². The van der Waals surface area contributed by atoms with Crippen molar-refractivity contribution in [2.24, 2.45) is 34.5 Å². The molecule has 9 heteroatoms. The molecule has 0 spiro atoms. The maximum absolute atomic E-state index is 12.9. The van der Waals surface area contributed by atoms with Crippen LogP contribution in [0.25, 0.3) is 0 Å². The van der Waals surface area contributed by atoms with Gasteiger partial charge in [-0.25, -0.2) is 0 Å². The molecule has 4 aliphatic carbocycles. The molecule has 228 valence electrons. The van der Waals surface area contributed by atoms with Gasteiger partial charge in [0.25, 0.3) is 0 Å². The first-order valence-corrected chi connectivity index (χ1v) is 15.0. The molecule has 0 aromatic heterocycles. The van der Waals surface area contributed by atoms with E-state index in [0.29, 0.717) is 23.8 Å². The van der Waals surface area contributed by atoms with E-state index in [9.17, 15) is 35.1 Å². The third-order valence-corrected chi connectivity index (χ3v) is 11.2. The molecular formula is C31H50O9. The van der Waals surface area contributed by atoms with Crippen molar-refractivity contribution in [2.45, 2.75) is 129 Å². The Balaban J connectivity index is 1.85. The Morgan fingerprint density at radius 1 is 0.975 bits per heavy atom. The minimum atomic E-state index is -2.16. The summed E-state index contributed by atoms with van der Waals surface area (Å²) in [4.78, 5) is 24.5. The van der Waals surface area contributed by atoms with E-state index in [4.69, 9.17) is 9.47 Å². The van der Waals surface area contributed by atoms with Gasteiger partial charge in [0.1, 0.15) is 30.0 Å². The number of carbonyl (C=O) groups excluding carboxylic acids is 2. The van der Waals surface area contributed by atoms with E-state index in [2.05, 4.69) is 27.7 Å². The fraction of sp³-hybridized carbons (Fsp3) is 0.871. The van der Waals surface area contributed by atoms with Crippen molar-refractivity contribution in [1.82, 2.24) is 0 Å². The number of ether oxygens (including phenoxy) is 2. The van der Waals surface area contributed by atoms with Crippen LogP contribution in [0.3, 0.4) is 0 Å². The van der Waals surface area contributed by atoms with E-state index in [1.807, 2.05) is 0 Å². The van der Waals surface area contributed by atoms with E-state index < -0.39 is 66.0 Å². The Hall–Kier alpha value is -1.52. The smallest absolute Gasteiger partial charge is 0.303 e. The lowest BCUT2D eigenvalue weighted by Crippen LogP contribution is -2.80. The van der Waals surface area contributed by atoms with Crippen LogP contribution in [0.5, 0.6) is 0 Å². The van der Waals surface area contributed by atoms with E-state index >= 15 is 0 Å². The highest BCUT2D eigenvalue weighted by molar-refractivity contribution is 5.67. The number of carbonyl (C=O) groups is 2. The van der Waals surface area contributed by atoms with Gasteiger partial charge < -0.3 is 35.0 Å². The van der Waals surface area contributed by atoms with Crippen molar-refractivity contribution in [1.29, 1.82) is 0 Å². The standard InChI is InChI=1S/C31H50O9/c1-17(2)8-7-9-18(3)21-10-11-22-23-12-26(36)30(37)14-25(35)24(34)13-29(30,16-39-19(4)32)31(23,38)27(40-20(5)33)15-28(21,22)6/h12,17-18,21-22,24-27,34-38H,7-11,13-16H2,1-6H3/t18-,21-,22?,24-,25-,26-,27-,28-,29-,30+,31+/m1/s1. The zero-order chi connectivity index (χ0) is 29.8. The zero-order valence-electron chi connectivity index (χ0n) is 24.9. The fourth-order valence-electron chi connectivity index (χ4n) is 9.24. The van der Waals surface area contributed by atoms with Crippen LogP contribution >= 0.6 is 0 Å². The monoisotopic (exact) mass is 566 g/mol. The van der Waals surface area contributed by atoms with Crippen LogP contribution in [0.4, 0.5) is 0 Å². The highest BCUT2D eigenvalue weighted by atomic mass is 16.6. The Morgan fingerprint density at radius 3 is 2.23 bits per heavy atom. The SMILES string of the molecule is CC(=O)OC[C@]12C[C@@H](O)[C@H](O)C[C@]1(O)[C@H](O)C=C1C3CC[C@H]([C@H](C)CCCC(C)C)[C@@]3(C)C[C@@H](OC(C)=O)[C@@]12O. The van der Waals surface area contributed by atoms with Crippen LogP contribution in [-0.4, -0.2) is 79.7 Å². The molecule has 4 rings (SSSR count). The summed E-state index contributed by atoms with van der Waals surface area (Å²) in [5.74, 6) is -0.137. The molecule has 0 aliphatic heterocycles. The summed E-state index contributed by atoms with van der Waals surface area (Å²) in [5.41, 5.74) is -5.94. The van der Waals surface area contributed by atoms with Crippen LogP contribution in [-0.2, 0) is 19.1 Å². The maximum atomic E-state index is 12.9. The van der Waals surface area contributed by atoms with Gasteiger partial charge in [-0.2, -0.15) is 0 Å². The number of aliphatic hydroxyl groups is 5. The first-order valence-electron chi connectivity index (χ1n) is 15.0. The van der Waals surface area contributed by atoms with Gasteiger partial charge in [0, 0.05) is 20.3 Å². The van der Waals surface area contributed by atoms with Gasteiger partial charge in [-0.3, -0.25) is 9.59 Å². The lowest BCUT2D eigenvalue weighted by molar-refractivity contribution is -0.313. The molecule has 0 bridgehead atoms. The molecule has 0 amide bonds. The molecule has 1 unspecified atom stereocenters. The molecule has 3 saturated carbocycles. The first-order chi connectivity index (χ1) is 18.5. The predicted octanol–water partition coefficient (Wildman–Crippen LogP) is 2.64. The molecular weight excluding hydrogens is 516 g/mol. The predicted molar refractivity (Wildman–Crippen MR) is 147 cm³/mol. The molecule has 3 fully saturated rings. The summed E-state index contributed by atoms with van der Waals surface area (Å²) in [6.45, 7) is 10.8. The molecule has 9 nitrogen and oxygen atoms in total. The number of esters is 2. The minimum absolute atomic E-state index is 0.181. The summed E-state index contributed by atoms with van der Waals surface area (Å²) in [5, 5.41) is 57.9. The summed E-state index contributed by atoms with van der Waals surface area (Å²) in [6.07, 6.45) is 0.603. The molecule has 40 heavy (non-hydrogen) atoms. The van der Waals surface area contributed by atoms with Gasteiger partial charge >= 0.3 is 11.9 Å². The van der Waals surface area contributed by atoms with Crippen LogP contribution in [0.1, 0.15) is 92.9 Å². The highest BCUT2D eigenvalue weighted by Crippen LogP contribution is 2.69.